The van der Waals surface area contributed by atoms with Crippen LogP contribution < -0.4 is 0 Å². The third-order valence-electron chi connectivity index (χ3n) is 1.99. The molecule has 0 rings (SSSR count). The Labute approximate surface area is 93.9 Å². The summed E-state index contributed by atoms with van der Waals surface area (Å²) in [6.45, 7) is 2.20. The SMILES string of the molecule is CCCCCCCCCC(=O)O.[Ru]. The van der Waals surface area contributed by atoms with Gasteiger partial charge in [-0.05, 0) is 6.42 Å². The molecule has 0 saturated heterocycles. The second-order valence-electron chi connectivity index (χ2n) is 3.27. The van der Waals surface area contributed by atoms with E-state index in [9.17, 15) is 4.79 Å². The summed E-state index contributed by atoms with van der Waals surface area (Å²) < 4.78 is 0. The van der Waals surface area contributed by atoms with Gasteiger partial charge in [-0.3, -0.25) is 4.79 Å². The first-order chi connectivity index (χ1) is 5.77. The van der Waals surface area contributed by atoms with Crippen LogP contribution in [0.25, 0.3) is 0 Å². The Balaban J connectivity index is 0. The number of carboxylic acid groups (broad SMARTS) is 1. The van der Waals surface area contributed by atoms with E-state index < -0.39 is 5.97 Å². The minimum Gasteiger partial charge on any atom is -0.481 e. The summed E-state index contributed by atoms with van der Waals surface area (Å²) in [6, 6.07) is 0. The van der Waals surface area contributed by atoms with E-state index in [0.29, 0.717) is 6.42 Å². The molecule has 80 valence electrons. The molecule has 0 bridgehead atoms. The maximum atomic E-state index is 10.1. The van der Waals surface area contributed by atoms with Crippen LogP contribution in [0.15, 0.2) is 0 Å². The zero-order valence-electron chi connectivity index (χ0n) is 8.37. The number of carbonyl (C=O) groups is 1. The molecule has 13 heavy (non-hydrogen) atoms. The summed E-state index contributed by atoms with van der Waals surface area (Å²) in [5, 5.41) is 8.35. The molecule has 0 aliphatic rings. The molecule has 1 N–H and O–H groups in total. The average molecular weight is 273 g/mol. The fourth-order valence-corrected chi connectivity index (χ4v) is 1.23. The second kappa shape index (κ2) is 12.1. The van der Waals surface area contributed by atoms with Crippen LogP contribution in [-0.4, -0.2) is 11.1 Å². The van der Waals surface area contributed by atoms with Crippen molar-refractivity contribution in [3.63, 3.8) is 0 Å². The Bertz CT molecular complexity index is 115. The summed E-state index contributed by atoms with van der Waals surface area (Å²) in [5.74, 6) is -0.663. The quantitative estimate of drug-likeness (QED) is 0.544. The van der Waals surface area contributed by atoms with E-state index in [2.05, 4.69) is 6.92 Å². The molecule has 0 aromatic heterocycles. The Morgan fingerprint density at radius 1 is 1.00 bits per heavy atom. The summed E-state index contributed by atoms with van der Waals surface area (Å²) in [4.78, 5) is 10.1. The van der Waals surface area contributed by atoms with Gasteiger partial charge in [0.2, 0.25) is 0 Å². The van der Waals surface area contributed by atoms with E-state index in [-0.39, 0.29) is 19.5 Å². The van der Waals surface area contributed by atoms with Crippen LogP contribution in [0.1, 0.15) is 58.3 Å². The number of unbranched alkanes of at least 4 members (excludes halogenated alkanes) is 6. The van der Waals surface area contributed by atoms with E-state index in [0.717, 1.165) is 12.8 Å². The van der Waals surface area contributed by atoms with E-state index in [1.54, 1.807) is 0 Å². The number of hydrogen-bond donors (Lipinski definition) is 1. The molecule has 0 aliphatic heterocycles. The fourth-order valence-electron chi connectivity index (χ4n) is 1.23. The molecular formula is C10H20O2Ru. The van der Waals surface area contributed by atoms with Crippen LogP contribution in [0, 0.1) is 0 Å². The molecular weight excluding hydrogens is 253 g/mol. The van der Waals surface area contributed by atoms with Crippen molar-refractivity contribution in [3.8, 4) is 0 Å². The largest absolute Gasteiger partial charge is 0.481 e. The van der Waals surface area contributed by atoms with E-state index in [1.807, 2.05) is 0 Å². The molecule has 0 atom stereocenters. The molecule has 3 heteroatoms. The molecule has 0 amide bonds. The smallest absolute Gasteiger partial charge is 0.303 e. The first-order valence-corrected chi connectivity index (χ1v) is 4.99. The normalized spacial score (nSPS) is 9.31. The minimum atomic E-state index is -0.663. The summed E-state index contributed by atoms with van der Waals surface area (Å²) in [5.41, 5.74) is 0. The summed E-state index contributed by atoms with van der Waals surface area (Å²) in [7, 11) is 0. The molecule has 0 saturated carbocycles. The van der Waals surface area contributed by atoms with Gasteiger partial charge in [-0.15, -0.1) is 0 Å². The van der Waals surface area contributed by atoms with Crippen molar-refractivity contribution in [1.82, 2.24) is 0 Å². The predicted molar refractivity (Wildman–Crippen MR) is 50.2 cm³/mol. The van der Waals surface area contributed by atoms with Crippen molar-refractivity contribution >= 4 is 5.97 Å². The molecule has 0 spiro atoms. The van der Waals surface area contributed by atoms with Gasteiger partial charge in [0.15, 0.2) is 0 Å². The van der Waals surface area contributed by atoms with Crippen LogP contribution in [-0.2, 0) is 24.3 Å². The third kappa shape index (κ3) is 14.9. The molecule has 0 unspecified atom stereocenters. The molecule has 0 aliphatic carbocycles. The standard InChI is InChI=1S/C10H20O2.Ru/c1-2-3-4-5-6-7-8-9-10(11)12;/h2-9H2,1H3,(H,11,12);. The van der Waals surface area contributed by atoms with Crippen LogP contribution >= 0.6 is 0 Å². The van der Waals surface area contributed by atoms with E-state index in [4.69, 9.17) is 5.11 Å². The average Bonchev–Trinajstić information content (AvgIpc) is 2.02. The zero-order chi connectivity index (χ0) is 9.23. The van der Waals surface area contributed by atoms with Gasteiger partial charge < -0.3 is 5.11 Å². The molecule has 2 nitrogen and oxygen atoms in total. The van der Waals surface area contributed by atoms with Crippen molar-refractivity contribution < 1.29 is 29.4 Å². The van der Waals surface area contributed by atoms with Gasteiger partial charge in [0, 0.05) is 25.9 Å². The van der Waals surface area contributed by atoms with Gasteiger partial charge in [0.25, 0.3) is 0 Å². The molecule has 0 heterocycles. The van der Waals surface area contributed by atoms with Crippen LogP contribution in [0.5, 0.6) is 0 Å². The third-order valence-corrected chi connectivity index (χ3v) is 1.99. The Morgan fingerprint density at radius 2 is 1.46 bits per heavy atom. The Morgan fingerprint density at radius 3 is 1.92 bits per heavy atom. The van der Waals surface area contributed by atoms with E-state index >= 15 is 0 Å². The van der Waals surface area contributed by atoms with Gasteiger partial charge in [-0.2, -0.15) is 0 Å². The van der Waals surface area contributed by atoms with Gasteiger partial charge in [-0.25, -0.2) is 0 Å². The van der Waals surface area contributed by atoms with Crippen molar-refractivity contribution in [1.29, 1.82) is 0 Å². The maximum Gasteiger partial charge on any atom is 0.303 e. The first kappa shape index (κ1) is 15.6. The Hall–Kier alpha value is 0.0934. The summed E-state index contributed by atoms with van der Waals surface area (Å²) in [6.07, 6.45) is 8.64. The van der Waals surface area contributed by atoms with Crippen molar-refractivity contribution in [3.05, 3.63) is 0 Å². The molecule has 0 fully saturated rings. The molecule has 0 aromatic carbocycles. The van der Waals surface area contributed by atoms with Crippen LogP contribution in [0.2, 0.25) is 0 Å². The second-order valence-corrected chi connectivity index (χ2v) is 3.27. The van der Waals surface area contributed by atoms with Crippen molar-refractivity contribution in [2.24, 2.45) is 0 Å². The fraction of sp³-hybridized carbons (Fsp3) is 0.900. The molecule has 0 aromatic rings. The number of hydrogen-bond acceptors (Lipinski definition) is 1. The van der Waals surface area contributed by atoms with Crippen LogP contribution in [0.4, 0.5) is 0 Å². The van der Waals surface area contributed by atoms with Crippen molar-refractivity contribution in [2.45, 2.75) is 58.3 Å². The van der Waals surface area contributed by atoms with Crippen molar-refractivity contribution in [2.75, 3.05) is 0 Å². The van der Waals surface area contributed by atoms with Gasteiger partial charge in [0.1, 0.15) is 0 Å². The van der Waals surface area contributed by atoms with Gasteiger partial charge in [-0.1, -0.05) is 45.4 Å². The molecule has 0 radical (unpaired) electrons. The topological polar surface area (TPSA) is 37.3 Å². The predicted octanol–water partition coefficient (Wildman–Crippen LogP) is 3.21. The zero-order valence-corrected chi connectivity index (χ0v) is 10.1. The van der Waals surface area contributed by atoms with Gasteiger partial charge in [0.05, 0.1) is 0 Å². The minimum absolute atomic E-state index is 0. The van der Waals surface area contributed by atoms with E-state index in [1.165, 1.54) is 32.1 Å². The maximum absolute atomic E-state index is 10.1. The number of rotatable bonds is 8. The van der Waals surface area contributed by atoms with Gasteiger partial charge >= 0.3 is 5.97 Å². The number of aliphatic carboxylic acids is 1. The Kier molecular flexibility index (Phi) is 14.5. The summed E-state index contributed by atoms with van der Waals surface area (Å²) >= 11 is 0. The monoisotopic (exact) mass is 274 g/mol. The van der Waals surface area contributed by atoms with Crippen LogP contribution in [0.3, 0.4) is 0 Å². The first-order valence-electron chi connectivity index (χ1n) is 4.99. The number of carboxylic acids is 1.